The molecule has 4 nitrogen and oxygen atoms in total. The van der Waals surface area contributed by atoms with Crippen molar-refractivity contribution in [2.75, 3.05) is 18.6 Å². The highest BCUT2D eigenvalue weighted by Crippen LogP contribution is 2.16. The van der Waals surface area contributed by atoms with E-state index in [1.807, 2.05) is 0 Å². The van der Waals surface area contributed by atoms with Crippen molar-refractivity contribution in [3.05, 3.63) is 17.8 Å². The van der Waals surface area contributed by atoms with Gasteiger partial charge in [0.15, 0.2) is 5.12 Å². The minimum Gasteiger partial charge on any atom is -0.479 e. The summed E-state index contributed by atoms with van der Waals surface area (Å²) in [6.45, 7) is 1.55. The van der Waals surface area contributed by atoms with E-state index in [0.29, 0.717) is 29.4 Å². The van der Waals surface area contributed by atoms with E-state index < -0.39 is 0 Å². The number of ether oxygens (including phenoxy) is 1. The van der Waals surface area contributed by atoms with Crippen molar-refractivity contribution in [3.63, 3.8) is 0 Å². The highest BCUT2D eigenvalue weighted by molar-refractivity contribution is 8.13. The molecule has 0 radical (unpaired) electrons. The Bertz CT molecular complexity index is 463. The quantitative estimate of drug-likeness (QED) is 0.653. The van der Waals surface area contributed by atoms with Crippen molar-refractivity contribution < 1.29 is 9.53 Å². The van der Waals surface area contributed by atoms with Gasteiger partial charge < -0.3 is 10.5 Å². The summed E-state index contributed by atoms with van der Waals surface area (Å²) in [5, 5.41) is 0.110. The van der Waals surface area contributed by atoms with Crippen LogP contribution in [0.25, 0.3) is 0 Å². The predicted molar refractivity (Wildman–Crippen MR) is 69.8 cm³/mol. The topological polar surface area (TPSA) is 65.2 Å². The number of carbonyl (C=O) groups excluding carboxylic acids is 1. The number of hydrogen-bond donors (Lipinski definition) is 1. The monoisotopic (exact) mass is 250 g/mol. The molecule has 0 saturated carbocycles. The Morgan fingerprint density at radius 1 is 1.59 bits per heavy atom. The average Bonchev–Trinajstić information content (AvgIpc) is 2.30. The highest BCUT2D eigenvalue weighted by atomic mass is 32.2. The lowest BCUT2D eigenvalue weighted by Crippen LogP contribution is -1.96. The molecule has 1 rings (SSSR count). The van der Waals surface area contributed by atoms with E-state index in [0.717, 1.165) is 0 Å². The molecule has 5 heteroatoms. The molecule has 0 aliphatic heterocycles. The largest absolute Gasteiger partial charge is 0.479 e. The van der Waals surface area contributed by atoms with Gasteiger partial charge in [0.2, 0.25) is 5.88 Å². The van der Waals surface area contributed by atoms with Crippen LogP contribution in [-0.2, 0) is 4.79 Å². The maximum atomic E-state index is 10.7. The first-order valence-electron chi connectivity index (χ1n) is 5.06. The zero-order chi connectivity index (χ0) is 12.7. The summed E-state index contributed by atoms with van der Waals surface area (Å²) in [4.78, 5) is 14.8. The predicted octanol–water partition coefficient (Wildman–Crippen LogP) is 1.69. The molecule has 0 atom stereocenters. The summed E-state index contributed by atoms with van der Waals surface area (Å²) in [7, 11) is 1.51. The number of aromatic nitrogens is 1. The molecule has 0 spiro atoms. The van der Waals surface area contributed by atoms with Crippen molar-refractivity contribution in [2.45, 2.75) is 13.3 Å². The Morgan fingerprint density at radius 2 is 2.35 bits per heavy atom. The Morgan fingerprint density at radius 3 is 3.00 bits per heavy atom. The zero-order valence-corrected chi connectivity index (χ0v) is 10.6. The molecule has 0 aliphatic carbocycles. The van der Waals surface area contributed by atoms with Crippen LogP contribution < -0.4 is 10.5 Å². The summed E-state index contributed by atoms with van der Waals surface area (Å²) < 4.78 is 4.99. The van der Waals surface area contributed by atoms with Gasteiger partial charge in [-0.3, -0.25) is 4.79 Å². The highest BCUT2D eigenvalue weighted by Gasteiger charge is 2.00. The van der Waals surface area contributed by atoms with Crippen LogP contribution in [0, 0.1) is 11.8 Å². The lowest BCUT2D eigenvalue weighted by Gasteiger charge is -2.01. The molecular formula is C12H14N2O2S. The van der Waals surface area contributed by atoms with Gasteiger partial charge in [-0.05, 0) is 18.1 Å². The maximum absolute atomic E-state index is 10.7. The van der Waals surface area contributed by atoms with Gasteiger partial charge >= 0.3 is 0 Å². The van der Waals surface area contributed by atoms with Crippen LogP contribution >= 0.6 is 11.8 Å². The molecule has 0 fully saturated rings. The molecule has 1 aromatic rings. The Balaban J connectivity index is 2.57. The van der Waals surface area contributed by atoms with Gasteiger partial charge in [0.25, 0.3) is 0 Å². The van der Waals surface area contributed by atoms with Crippen LogP contribution in [0.1, 0.15) is 19.0 Å². The van der Waals surface area contributed by atoms with Crippen molar-refractivity contribution in [2.24, 2.45) is 0 Å². The number of anilines is 1. The second-order valence-electron chi connectivity index (χ2n) is 3.19. The Hall–Kier alpha value is -1.67. The van der Waals surface area contributed by atoms with Gasteiger partial charge in [0, 0.05) is 19.1 Å². The van der Waals surface area contributed by atoms with E-state index in [4.69, 9.17) is 10.5 Å². The maximum Gasteiger partial charge on any atom is 0.238 e. The molecule has 1 heterocycles. The fourth-order valence-electron chi connectivity index (χ4n) is 1.08. The first kappa shape index (κ1) is 13.4. The van der Waals surface area contributed by atoms with Crippen LogP contribution in [0.2, 0.25) is 0 Å². The fourth-order valence-corrected chi connectivity index (χ4v) is 1.57. The smallest absolute Gasteiger partial charge is 0.238 e. The summed E-state index contributed by atoms with van der Waals surface area (Å²) in [6, 6.07) is 3.45. The number of nitrogens with zero attached hydrogens (tertiary/aromatic N) is 1. The first-order valence-corrected chi connectivity index (χ1v) is 6.05. The van der Waals surface area contributed by atoms with E-state index in [-0.39, 0.29) is 5.12 Å². The SMILES string of the molecule is COc1nc(C#CCCSC(C)=O)ccc1N. The van der Waals surface area contributed by atoms with Crippen molar-refractivity contribution in [1.82, 2.24) is 4.98 Å². The summed E-state index contributed by atoms with van der Waals surface area (Å²) in [5.41, 5.74) is 6.74. The van der Waals surface area contributed by atoms with Gasteiger partial charge in [-0.25, -0.2) is 4.98 Å². The number of pyridine rings is 1. The molecule has 17 heavy (non-hydrogen) atoms. The third-order valence-electron chi connectivity index (χ3n) is 1.83. The third kappa shape index (κ3) is 4.79. The van der Waals surface area contributed by atoms with Gasteiger partial charge in [0.1, 0.15) is 5.69 Å². The molecule has 0 saturated heterocycles. The lowest BCUT2D eigenvalue weighted by atomic mass is 10.3. The normalized spacial score (nSPS) is 9.29. The lowest BCUT2D eigenvalue weighted by molar-refractivity contribution is -0.109. The molecular weight excluding hydrogens is 236 g/mol. The molecule has 0 aromatic carbocycles. The number of nitrogens with two attached hydrogens (primary N) is 1. The van der Waals surface area contributed by atoms with Gasteiger partial charge in [-0.1, -0.05) is 17.7 Å². The molecule has 1 aromatic heterocycles. The molecule has 2 N–H and O–H groups in total. The summed E-state index contributed by atoms with van der Waals surface area (Å²) in [6.07, 6.45) is 0.651. The summed E-state index contributed by atoms with van der Waals surface area (Å²) in [5.74, 6) is 6.93. The zero-order valence-electron chi connectivity index (χ0n) is 9.82. The Kier molecular flexibility index (Phi) is 5.37. The second kappa shape index (κ2) is 6.81. The van der Waals surface area contributed by atoms with Crippen molar-refractivity contribution in [1.29, 1.82) is 0 Å². The van der Waals surface area contributed by atoms with E-state index >= 15 is 0 Å². The van der Waals surface area contributed by atoms with Crippen LogP contribution in [0.5, 0.6) is 5.88 Å². The average molecular weight is 250 g/mol. The van der Waals surface area contributed by atoms with Gasteiger partial charge in [0.05, 0.1) is 12.8 Å². The number of thioether (sulfide) groups is 1. The van der Waals surface area contributed by atoms with Crippen LogP contribution in [0.3, 0.4) is 0 Å². The molecule has 90 valence electrons. The minimum absolute atomic E-state index is 0.110. The number of nitrogen functional groups attached to an aromatic ring is 1. The first-order chi connectivity index (χ1) is 8.13. The summed E-state index contributed by atoms with van der Waals surface area (Å²) >= 11 is 1.27. The molecule has 0 amide bonds. The van der Waals surface area contributed by atoms with Crippen LogP contribution in [-0.4, -0.2) is 23.0 Å². The Labute approximate surface area is 105 Å². The number of carbonyl (C=O) groups is 1. The third-order valence-corrected chi connectivity index (χ3v) is 2.65. The fraction of sp³-hybridized carbons (Fsp3) is 0.333. The minimum atomic E-state index is 0.110. The van der Waals surface area contributed by atoms with Crippen molar-refractivity contribution in [3.8, 4) is 17.7 Å². The van der Waals surface area contributed by atoms with Crippen LogP contribution in [0.4, 0.5) is 5.69 Å². The second-order valence-corrected chi connectivity index (χ2v) is 4.46. The molecule has 0 aliphatic rings. The van der Waals surface area contributed by atoms with Gasteiger partial charge in [-0.2, -0.15) is 0 Å². The van der Waals surface area contributed by atoms with E-state index in [2.05, 4.69) is 16.8 Å². The van der Waals surface area contributed by atoms with E-state index in [9.17, 15) is 4.79 Å². The molecule has 0 unspecified atom stereocenters. The van der Waals surface area contributed by atoms with Gasteiger partial charge in [-0.15, -0.1) is 0 Å². The standard InChI is InChI=1S/C12H14N2O2S/c1-9(15)17-8-4-3-5-10-6-7-11(13)12(14-10)16-2/h6-7H,4,8,13H2,1-2H3. The van der Waals surface area contributed by atoms with Crippen LogP contribution in [0.15, 0.2) is 12.1 Å². The molecule has 0 bridgehead atoms. The van der Waals surface area contributed by atoms with Crippen molar-refractivity contribution >= 4 is 22.6 Å². The number of rotatable bonds is 3. The number of hydrogen-bond acceptors (Lipinski definition) is 5. The van der Waals surface area contributed by atoms with E-state index in [1.165, 1.54) is 18.9 Å². The van der Waals surface area contributed by atoms with E-state index in [1.54, 1.807) is 19.1 Å². The number of methoxy groups -OCH3 is 1.